The van der Waals surface area contributed by atoms with E-state index in [1.165, 1.54) is 12.8 Å². The van der Waals surface area contributed by atoms with Gasteiger partial charge in [0.2, 0.25) is 0 Å². The average molecular weight is 172 g/mol. The lowest BCUT2D eigenvalue weighted by Gasteiger charge is -2.15. The van der Waals surface area contributed by atoms with Gasteiger partial charge >= 0.3 is 0 Å². The van der Waals surface area contributed by atoms with Crippen LogP contribution in [-0.4, -0.2) is 31.8 Å². The van der Waals surface area contributed by atoms with Gasteiger partial charge < -0.3 is 15.8 Å². The Bertz CT molecular complexity index is 130. The minimum absolute atomic E-state index is 0.307. The van der Waals surface area contributed by atoms with Crippen LogP contribution in [0.1, 0.15) is 26.2 Å². The maximum atomic E-state index is 5.79. The van der Waals surface area contributed by atoms with Crippen LogP contribution in [0.15, 0.2) is 0 Å². The maximum Gasteiger partial charge on any atom is 0.0667 e. The van der Waals surface area contributed by atoms with Crippen LogP contribution in [-0.2, 0) is 4.74 Å². The van der Waals surface area contributed by atoms with Gasteiger partial charge in [0.15, 0.2) is 0 Å². The van der Waals surface area contributed by atoms with Gasteiger partial charge in [0.05, 0.1) is 6.10 Å². The highest BCUT2D eigenvalue weighted by atomic mass is 16.5. The lowest BCUT2D eigenvalue weighted by Crippen LogP contribution is -2.34. The smallest absolute Gasteiger partial charge is 0.0667 e. The van der Waals surface area contributed by atoms with E-state index < -0.39 is 0 Å². The third kappa shape index (κ3) is 3.09. The van der Waals surface area contributed by atoms with Gasteiger partial charge in [0.25, 0.3) is 0 Å². The molecule has 3 unspecified atom stereocenters. The molecular weight excluding hydrogens is 152 g/mol. The molecule has 0 aromatic rings. The summed E-state index contributed by atoms with van der Waals surface area (Å²) in [5.41, 5.74) is 5.79. The number of nitrogens with one attached hydrogen (secondary N) is 1. The molecule has 0 aromatic heterocycles. The molecule has 3 nitrogen and oxygen atoms in total. The number of hydrogen-bond acceptors (Lipinski definition) is 3. The van der Waals surface area contributed by atoms with Crippen LogP contribution in [0.5, 0.6) is 0 Å². The number of hydrogen-bond donors (Lipinski definition) is 2. The zero-order chi connectivity index (χ0) is 8.97. The molecule has 3 atom stereocenters. The van der Waals surface area contributed by atoms with Crippen molar-refractivity contribution in [2.24, 2.45) is 5.73 Å². The third-order valence-electron chi connectivity index (χ3n) is 2.57. The fraction of sp³-hybridized carbons (Fsp3) is 1.00. The SMILES string of the molecule is COC(C)CNC1CCC(N)C1. The first kappa shape index (κ1) is 9.96. The summed E-state index contributed by atoms with van der Waals surface area (Å²) in [6.07, 6.45) is 3.81. The van der Waals surface area contributed by atoms with Gasteiger partial charge in [-0.15, -0.1) is 0 Å². The van der Waals surface area contributed by atoms with Gasteiger partial charge in [-0.3, -0.25) is 0 Å². The number of rotatable bonds is 4. The van der Waals surface area contributed by atoms with Gasteiger partial charge in [0.1, 0.15) is 0 Å². The number of ether oxygens (including phenoxy) is 1. The van der Waals surface area contributed by atoms with Gasteiger partial charge in [-0.25, -0.2) is 0 Å². The van der Waals surface area contributed by atoms with E-state index in [4.69, 9.17) is 10.5 Å². The van der Waals surface area contributed by atoms with E-state index in [9.17, 15) is 0 Å². The van der Waals surface area contributed by atoms with Crippen molar-refractivity contribution in [1.82, 2.24) is 5.32 Å². The highest BCUT2D eigenvalue weighted by Crippen LogP contribution is 2.16. The molecule has 0 aliphatic heterocycles. The van der Waals surface area contributed by atoms with Crippen LogP contribution in [0.25, 0.3) is 0 Å². The minimum Gasteiger partial charge on any atom is -0.380 e. The first-order valence-electron chi connectivity index (χ1n) is 4.74. The first-order chi connectivity index (χ1) is 5.72. The Labute approximate surface area is 74.7 Å². The Kier molecular flexibility index (Phi) is 3.98. The fourth-order valence-corrected chi connectivity index (χ4v) is 1.62. The standard InChI is InChI=1S/C9H20N2O/c1-7(12-2)6-11-9-4-3-8(10)5-9/h7-9,11H,3-6,10H2,1-2H3. The molecular formula is C9H20N2O. The third-order valence-corrected chi connectivity index (χ3v) is 2.57. The molecule has 3 N–H and O–H groups in total. The van der Waals surface area contributed by atoms with Crippen molar-refractivity contribution in [2.75, 3.05) is 13.7 Å². The minimum atomic E-state index is 0.307. The molecule has 12 heavy (non-hydrogen) atoms. The summed E-state index contributed by atoms with van der Waals surface area (Å²) in [7, 11) is 1.74. The second kappa shape index (κ2) is 4.80. The second-order valence-electron chi connectivity index (χ2n) is 3.72. The molecule has 1 fully saturated rings. The Balaban J connectivity index is 2.07. The van der Waals surface area contributed by atoms with Gasteiger partial charge in [-0.2, -0.15) is 0 Å². The molecule has 0 radical (unpaired) electrons. The Morgan fingerprint density at radius 3 is 2.83 bits per heavy atom. The van der Waals surface area contributed by atoms with Crippen LogP contribution < -0.4 is 11.1 Å². The molecule has 0 aromatic carbocycles. The summed E-state index contributed by atoms with van der Waals surface area (Å²) in [5, 5.41) is 3.46. The van der Waals surface area contributed by atoms with Crippen LogP contribution >= 0.6 is 0 Å². The molecule has 0 amide bonds. The highest BCUT2D eigenvalue weighted by molar-refractivity contribution is 4.82. The van der Waals surface area contributed by atoms with Crippen LogP contribution in [0.2, 0.25) is 0 Å². The summed E-state index contributed by atoms with van der Waals surface area (Å²) in [6.45, 7) is 3.01. The molecule has 0 saturated heterocycles. The van der Waals surface area contributed by atoms with Gasteiger partial charge in [-0.1, -0.05) is 0 Å². The second-order valence-corrected chi connectivity index (χ2v) is 3.72. The monoisotopic (exact) mass is 172 g/mol. The Hall–Kier alpha value is -0.120. The first-order valence-corrected chi connectivity index (χ1v) is 4.74. The number of methoxy groups -OCH3 is 1. The summed E-state index contributed by atoms with van der Waals surface area (Å²) in [4.78, 5) is 0. The maximum absolute atomic E-state index is 5.79. The molecule has 3 heteroatoms. The van der Waals surface area contributed by atoms with E-state index in [1.54, 1.807) is 7.11 Å². The Morgan fingerprint density at radius 2 is 2.33 bits per heavy atom. The van der Waals surface area contributed by atoms with E-state index in [1.807, 2.05) is 0 Å². The van der Waals surface area contributed by atoms with E-state index >= 15 is 0 Å². The molecule has 0 spiro atoms. The zero-order valence-corrected chi connectivity index (χ0v) is 8.05. The van der Waals surface area contributed by atoms with Crippen LogP contribution in [0, 0.1) is 0 Å². The summed E-state index contributed by atoms with van der Waals surface area (Å²) >= 11 is 0. The topological polar surface area (TPSA) is 47.3 Å². The molecule has 0 heterocycles. The molecule has 1 aliphatic carbocycles. The lowest BCUT2D eigenvalue weighted by molar-refractivity contribution is 0.114. The van der Waals surface area contributed by atoms with Crippen molar-refractivity contribution in [2.45, 2.75) is 44.4 Å². The summed E-state index contributed by atoms with van der Waals surface area (Å²) < 4.78 is 5.14. The van der Waals surface area contributed by atoms with Crippen LogP contribution in [0.3, 0.4) is 0 Å². The van der Waals surface area contributed by atoms with E-state index in [2.05, 4.69) is 12.2 Å². The highest BCUT2D eigenvalue weighted by Gasteiger charge is 2.21. The molecule has 0 bridgehead atoms. The summed E-state index contributed by atoms with van der Waals surface area (Å²) in [6, 6.07) is 1.04. The van der Waals surface area contributed by atoms with Crippen molar-refractivity contribution >= 4 is 0 Å². The molecule has 72 valence electrons. The summed E-state index contributed by atoms with van der Waals surface area (Å²) in [5.74, 6) is 0. The van der Waals surface area contributed by atoms with Crippen LogP contribution in [0.4, 0.5) is 0 Å². The largest absolute Gasteiger partial charge is 0.380 e. The van der Waals surface area contributed by atoms with Crippen molar-refractivity contribution in [3.8, 4) is 0 Å². The van der Waals surface area contributed by atoms with Gasteiger partial charge in [0, 0.05) is 25.7 Å². The predicted octanol–water partition coefficient (Wildman–Crippen LogP) is 0.491. The van der Waals surface area contributed by atoms with Crippen molar-refractivity contribution in [3.05, 3.63) is 0 Å². The predicted molar refractivity (Wildman–Crippen MR) is 50.1 cm³/mol. The normalized spacial score (nSPS) is 32.2. The lowest BCUT2D eigenvalue weighted by atomic mass is 10.2. The number of nitrogens with two attached hydrogens (primary N) is 1. The molecule has 1 rings (SSSR count). The Morgan fingerprint density at radius 1 is 1.58 bits per heavy atom. The van der Waals surface area contributed by atoms with E-state index in [0.29, 0.717) is 18.2 Å². The van der Waals surface area contributed by atoms with Gasteiger partial charge in [-0.05, 0) is 26.2 Å². The van der Waals surface area contributed by atoms with E-state index in [-0.39, 0.29) is 0 Å². The fourth-order valence-electron chi connectivity index (χ4n) is 1.62. The molecule has 1 aliphatic rings. The van der Waals surface area contributed by atoms with Crippen molar-refractivity contribution < 1.29 is 4.74 Å². The molecule has 1 saturated carbocycles. The van der Waals surface area contributed by atoms with E-state index in [0.717, 1.165) is 13.0 Å². The van der Waals surface area contributed by atoms with Crippen molar-refractivity contribution in [1.29, 1.82) is 0 Å². The van der Waals surface area contributed by atoms with Crippen molar-refractivity contribution in [3.63, 3.8) is 0 Å². The zero-order valence-electron chi connectivity index (χ0n) is 8.05. The quantitative estimate of drug-likeness (QED) is 0.649. The average Bonchev–Trinajstić information content (AvgIpc) is 2.47.